The van der Waals surface area contributed by atoms with Crippen LogP contribution in [-0.4, -0.2) is 41.0 Å². The van der Waals surface area contributed by atoms with Crippen molar-refractivity contribution >= 4 is 11.7 Å². The molecule has 13 heteroatoms. The summed E-state index contributed by atoms with van der Waals surface area (Å²) in [6.07, 6.45) is -2.36. The first-order chi connectivity index (χ1) is 12.8. The number of aryl methyl sites for hydroxylation is 1. The summed E-state index contributed by atoms with van der Waals surface area (Å²) >= 11 is 0. The topological polar surface area (TPSA) is 115 Å². The van der Waals surface area contributed by atoms with Gasteiger partial charge in [-0.05, 0) is 35.5 Å². The number of hydrogen-bond acceptors (Lipinski definition) is 6. The maximum Gasteiger partial charge on any atom is 0.418 e. The Kier molecular flexibility index (Phi) is 4.75. The van der Waals surface area contributed by atoms with Crippen LogP contribution in [0, 0.1) is 0 Å². The van der Waals surface area contributed by atoms with Crippen molar-refractivity contribution in [1.82, 2.24) is 40.3 Å². The molecule has 0 saturated carbocycles. The van der Waals surface area contributed by atoms with Crippen molar-refractivity contribution in [2.45, 2.75) is 19.1 Å². The summed E-state index contributed by atoms with van der Waals surface area (Å²) in [5, 5.41) is 19.5. The highest BCUT2D eigenvalue weighted by Crippen LogP contribution is 2.35. The molecule has 2 heterocycles. The van der Waals surface area contributed by atoms with Crippen LogP contribution < -0.4 is 10.6 Å². The van der Waals surface area contributed by atoms with E-state index in [0.29, 0.717) is 5.82 Å². The molecule has 0 bridgehead atoms. The van der Waals surface area contributed by atoms with Crippen LogP contribution in [0.5, 0.6) is 0 Å². The Balaban J connectivity index is 1.79. The van der Waals surface area contributed by atoms with E-state index in [1.807, 2.05) is 0 Å². The molecule has 0 aliphatic carbocycles. The van der Waals surface area contributed by atoms with Gasteiger partial charge in [-0.15, -0.1) is 5.10 Å². The van der Waals surface area contributed by atoms with Gasteiger partial charge in [-0.25, -0.2) is 19.1 Å². The molecule has 0 spiro atoms. The van der Waals surface area contributed by atoms with Crippen molar-refractivity contribution in [2.24, 2.45) is 7.05 Å². The summed E-state index contributed by atoms with van der Waals surface area (Å²) in [5.41, 5.74) is -1.20. The van der Waals surface area contributed by atoms with Gasteiger partial charge in [0.25, 0.3) is 0 Å². The SMILES string of the molecule is CC(NC(=O)Nc1ccc(-n2cncn2)c(C(F)(F)F)c1)c1nnnn1C. The zero-order valence-electron chi connectivity index (χ0n) is 14.1. The van der Waals surface area contributed by atoms with E-state index in [1.54, 1.807) is 14.0 Å². The molecular weight excluding hydrogens is 367 g/mol. The molecule has 2 N–H and O–H groups in total. The maximum absolute atomic E-state index is 13.4. The van der Waals surface area contributed by atoms with Crippen molar-refractivity contribution in [3.63, 3.8) is 0 Å². The zero-order chi connectivity index (χ0) is 19.6. The van der Waals surface area contributed by atoms with Crippen LogP contribution in [0.2, 0.25) is 0 Å². The number of nitrogens with zero attached hydrogens (tertiary/aromatic N) is 7. The number of amides is 2. The van der Waals surface area contributed by atoms with Gasteiger partial charge >= 0.3 is 12.2 Å². The lowest BCUT2D eigenvalue weighted by Gasteiger charge is -2.16. The van der Waals surface area contributed by atoms with Gasteiger partial charge in [0, 0.05) is 12.7 Å². The van der Waals surface area contributed by atoms with E-state index >= 15 is 0 Å². The van der Waals surface area contributed by atoms with E-state index < -0.39 is 23.8 Å². The molecule has 3 aromatic rings. The molecule has 1 atom stereocenters. The fraction of sp³-hybridized carbons (Fsp3) is 0.286. The van der Waals surface area contributed by atoms with E-state index in [1.165, 1.54) is 16.8 Å². The van der Waals surface area contributed by atoms with E-state index in [9.17, 15) is 18.0 Å². The first-order valence-corrected chi connectivity index (χ1v) is 7.61. The zero-order valence-corrected chi connectivity index (χ0v) is 14.1. The molecule has 0 saturated heterocycles. The molecule has 2 aromatic heterocycles. The third-order valence-corrected chi connectivity index (χ3v) is 3.61. The Morgan fingerprint density at radius 2 is 2.07 bits per heavy atom. The Morgan fingerprint density at radius 1 is 1.30 bits per heavy atom. The molecule has 10 nitrogen and oxygen atoms in total. The summed E-state index contributed by atoms with van der Waals surface area (Å²) in [7, 11) is 1.60. The lowest BCUT2D eigenvalue weighted by atomic mass is 10.1. The summed E-state index contributed by atoms with van der Waals surface area (Å²) < 4.78 is 42.5. The van der Waals surface area contributed by atoms with Gasteiger partial charge in [-0.2, -0.15) is 18.3 Å². The average molecular weight is 381 g/mol. The molecule has 1 aromatic carbocycles. The molecule has 142 valence electrons. The van der Waals surface area contributed by atoms with E-state index in [-0.39, 0.29) is 11.4 Å². The summed E-state index contributed by atoms with van der Waals surface area (Å²) in [4.78, 5) is 15.7. The van der Waals surface area contributed by atoms with Gasteiger partial charge in [0.05, 0.1) is 17.3 Å². The van der Waals surface area contributed by atoms with Crippen molar-refractivity contribution in [2.75, 3.05) is 5.32 Å². The molecule has 0 aliphatic rings. The predicted octanol–water partition coefficient (Wildman–Crippen LogP) is 1.69. The monoisotopic (exact) mass is 381 g/mol. The number of carbonyl (C=O) groups excluding carboxylic acids is 1. The maximum atomic E-state index is 13.4. The predicted molar refractivity (Wildman–Crippen MR) is 85.7 cm³/mol. The normalized spacial score (nSPS) is 12.6. The second-order valence-corrected chi connectivity index (χ2v) is 5.55. The number of rotatable bonds is 4. The van der Waals surface area contributed by atoms with Crippen molar-refractivity contribution < 1.29 is 18.0 Å². The Hall–Kier alpha value is -3.51. The molecule has 0 radical (unpaired) electrons. The smallest absolute Gasteiger partial charge is 0.328 e. The van der Waals surface area contributed by atoms with Gasteiger partial charge in [0.15, 0.2) is 5.82 Å². The van der Waals surface area contributed by atoms with Crippen LogP contribution in [0.4, 0.5) is 23.7 Å². The molecule has 1 unspecified atom stereocenters. The Morgan fingerprint density at radius 3 is 2.67 bits per heavy atom. The second-order valence-electron chi connectivity index (χ2n) is 5.55. The van der Waals surface area contributed by atoms with Gasteiger partial charge < -0.3 is 10.6 Å². The van der Waals surface area contributed by atoms with E-state index in [0.717, 1.165) is 23.4 Å². The van der Waals surface area contributed by atoms with Crippen LogP contribution in [0.3, 0.4) is 0 Å². The summed E-state index contributed by atoms with van der Waals surface area (Å²) in [5.74, 6) is 0.391. The molecule has 27 heavy (non-hydrogen) atoms. The average Bonchev–Trinajstić information content (AvgIpc) is 3.25. The van der Waals surface area contributed by atoms with E-state index in [4.69, 9.17) is 0 Å². The minimum atomic E-state index is -4.65. The number of carbonyl (C=O) groups is 1. The second kappa shape index (κ2) is 7.01. The fourth-order valence-corrected chi connectivity index (χ4v) is 2.40. The quantitative estimate of drug-likeness (QED) is 0.711. The largest absolute Gasteiger partial charge is 0.418 e. The minimum absolute atomic E-state index is 0.0352. The lowest BCUT2D eigenvalue weighted by Crippen LogP contribution is -2.32. The number of tetrazole rings is 1. The molecule has 3 rings (SSSR count). The third-order valence-electron chi connectivity index (χ3n) is 3.61. The molecule has 0 fully saturated rings. The molecule has 0 aliphatic heterocycles. The van der Waals surface area contributed by atoms with Crippen molar-refractivity contribution in [3.05, 3.63) is 42.2 Å². The van der Waals surface area contributed by atoms with Gasteiger partial charge in [0.2, 0.25) is 0 Å². The highest BCUT2D eigenvalue weighted by Gasteiger charge is 2.34. The van der Waals surface area contributed by atoms with Crippen molar-refractivity contribution in [1.29, 1.82) is 0 Å². The van der Waals surface area contributed by atoms with Crippen LogP contribution in [0.1, 0.15) is 24.4 Å². The van der Waals surface area contributed by atoms with Crippen LogP contribution in [0.25, 0.3) is 5.69 Å². The number of urea groups is 1. The Bertz CT molecular complexity index is 936. The first kappa shape index (κ1) is 18.3. The highest BCUT2D eigenvalue weighted by atomic mass is 19.4. The fourth-order valence-electron chi connectivity index (χ4n) is 2.40. The number of hydrogen-bond donors (Lipinski definition) is 2. The summed E-state index contributed by atoms with van der Waals surface area (Å²) in [6, 6.07) is 2.10. The number of benzene rings is 1. The molecular formula is C14H14F3N9O. The Labute approximate surface area is 150 Å². The first-order valence-electron chi connectivity index (χ1n) is 7.61. The highest BCUT2D eigenvalue weighted by molar-refractivity contribution is 5.89. The van der Waals surface area contributed by atoms with Gasteiger partial charge in [-0.3, -0.25) is 0 Å². The van der Waals surface area contributed by atoms with Crippen LogP contribution in [0.15, 0.2) is 30.9 Å². The number of anilines is 1. The van der Waals surface area contributed by atoms with Crippen LogP contribution in [-0.2, 0) is 13.2 Å². The standard InChI is InChI=1S/C14H14F3N9O/c1-8(12-22-23-24-25(12)2)20-13(27)21-9-3-4-11(26-7-18-6-19-26)10(5-9)14(15,16)17/h3-8H,1-2H3,(H2,20,21,27). The van der Waals surface area contributed by atoms with Crippen LogP contribution >= 0.6 is 0 Å². The van der Waals surface area contributed by atoms with Gasteiger partial charge in [-0.1, -0.05) is 0 Å². The van der Waals surface area contributed by atoms with Crippen molar-refractivity contribution in [3.8, 4) is 5.69 Å². The lowest BCUT2D eigenvalue weighted by molar-refractivity contribution is -0.137. The minimum Gasteiger partial charge on any atom is -0.328 e. The third kappa shape index (κ3) is 4.02. The summed E-state index contributed by atoms with van der Waals surface area (Å²) in [6.45, 7) is 1.64. The number of alkyl halides is 3. The number of halogens is 3. The number of nitrogens with one attached hydrogen (secondary N) is 2. The van der Waals surface area contributed by atoms with E-state index in [2.05, 4.69) is 36.2 Å². The molecule has 2 amide bonds. The van der Waals surface area contributed by atoms with Gasteiger partial charge in [0.1, 0.15) is 12.7 Å². The number of aromatic nitrogens is 7.